The van der Waals surface area contributed by atoms with E-state index in [1.165, 1.54) is 44.9 Å². The SMILES string of the molecule is CC(C)(C)CCCCCC(=O)[O-].CC(C)(C)CCCCCC(=O)[O-].CC(C)(C)CCCCCC(=O)[O-].CC(C)(C)CCCCCC(=O)[O-].CC(C)(C)CCCCCC(=O)[O-].CC(C)(C)CCCCCC(=O)[O-].CC(C)(C)CCCCCC(=O)[O-].[Re+7]. The van der Waals surface area contributed by atoms with Crippen LogP contribution in [0, 0.1) is 37.9 Å². The number of rotatable bonds is 35. The van der Waals surface area contributed by atoms with Crippen molar-refractivity contribution in [2.24, 2.45) is 37.9 Å². The Hall–Kier alpha value is -3.05. The maximum atomic E-state index is 10.0. The average molecular weight is 1390 g/mol. The molecular weight excluding hydrogens is 1250 g/mol. The number of aliphatic carboxylic acids is 7. The Kier molecular flexibility index (Phi) is 66.3. The van der Waals surface area contributed by atoms with Gasteiger partial charge in [0.25, 0.3) is 0 Å². The van der Waals surface area contributed by atoms with Gasteiger partial charge in [0.1, 0.15) is 0 Å². The smallest absolute Gasteiger partial charge is 0.550 e. The van der Waals surface area contributed by atoms with Crippen molar-refractivity contribution in [1.29, 1.82) is 0 Å². The third-order valence-electron chi connectivity index (χ3n) is 12.7. The summed E-state index contributed by atoms with van der Waals surface area (Å²) in [5, 5.41) is 70.3. The first kappa shape index (κ1) is 98.2. The Bertz CT molecular complexity index is 1270. The molecule has 0 rings (SSSR count). The van der Waals surface area contributed by atoms with Gasteiger partial charge in [0.15, 0.2) is 0 Å². The van der Waals surface area contributed by atoms with E-state index >= 15 is 0 Å². The van der Waals surface area contributed by atoms with E-state index in [1.54, 1.807) is 0 Å². The van der Waals surface area contributed by atoms with Crippen molar-refractivity contribution in [2.75, 3.05) is 0 Å². The normalized spacial score (nSPS) is 11.4. The van der Waals surface area contributed by atoms with Crippen molar-refractivity contribution < 1.29 is 89.7 Å². The van der Waals surface area contributed by atoms with Crippen LogP contribution in [0.5, 0.6) is 0 Å². The van der Waals surface area contributed by atoms with Gasteiger partial charge in [0.05, 0.1) is 0 Å². The Labute approximate surface area is 536 Å². The Morgan fingerprint density at radius 3 is 0.318 bits per heavy atom. The summed E-state index contributed by atoms with van der Waals surface area (Å²) in [6.07, 6.45) is 29.9. The summed E-state index contributed by atoms with van der Waals surface area (Å²) < 4.78 is 0. The Balaban J connectivity index is -0.000000135. The molecule has 0 atom stereocenters. The van der Waals surface area contributed by atoms with Crippen molar-refractivity contribution in [2.45, 2.75) is 370 Å². The molecule has 0 unspecified atom stereocenters. The molecule has 0 aliphatic rings. The predicted octanol–water partition coefficient (Wildman–Crippen LogP) is 12.1. The van der Waals surface area contributed by atoms with Gasteiger partial charge in [-0.25, -0.2) is 0 Å². The van der Waals surface area contributed by atoms with Crippen LogP contribution in [0.3, 0.4) is 0 Å². The molecule has 0 aromatic rings. The zero-order valence-corrected chi connectivity index (χ0v) is 61.6. The van der Waals surface area contributed by atoms with Crippen LogP contribution in [0.4, 0.5) is 0 Å². The number of carboxylic acid groups (broad SMARTS) is 7. The van der Waals surface area contributed by atoms with Crippen LogP contribution in [-0.4, -0.2) is 41.8 Å². The molecule has 0 aliphatic carbocycles. The van der Waals surface area contributed by atoms with E-state index in [0.29, 0.717) is 37.9 Å². The molecule has 0 bridgehead atoms. The molecular formula is C70H133O14Re. The fourth-order valence-electron chi connectivity index (χ4n) is 7.71. The minimum Gasteiger partial charge on any atom is -0.550 e. The van der Waals surface area contributed by atoms with Crippen LogP contribution in [0.2, 0.25) is 0 Å². The van der Waals surface area contributed by atoms with Gasteiger partial charge in [-0.1, -0.05) is 235 Å². The molecule has 15 heteroatoms. The molecule has 0 amide bonds. The third-order valence-corrected chi connectivity index (χ3v) is 12.7. The number of hydrogen-bond acceptors (Lipinski definition) is 14. The maximum Gasteiger partial charge on any atom is 7.00 e. The van der Waals surface area contributed by atoms with Crippen LogP contribution in [0.25, 0.3) is 0 Å². The fourth-order valence-corrected chi connectivity index (χ4v) is 7.71. The van der Waals surface area contributed by atoms with E-state index in [2.05, 4.69) is 145 Å². The van der Waals surface area contributed by atoms with Gasteiger partial charge in [0.2, 0.25) is 0 Å². The summed E-state index contributed by atoms with van der Waals surface area (Å²) in [7, 11) is 0. The van der Waals surface area contributed by atoms with Crippen LogP contribution < -0.4 is 35.7 Å². The summed E-state index contributed by atoms with van der Waals surface area (Å²) in [6, 6.07) is 0. The van der Waals surface area contributed by atoms with Crippen LogP contribution in [0.15, 0.2) is 0 Å². The average Bonchev–Trinajstić information content (AvgIpc) is 3.26. The first-order valence-electron chi connectivity index (χ1n) is 32.3. The van der Waals surface area contributed by atoms with Crippen LogP contribution >= 0.6 is 0 Å². The topological polar surface area (TPSA) is 281 Å². The first-order chi connectivity index (χ1) is 37.9. The van der Waals surface area contributed by atoms with Gasteiger partial charge < -0.3 is 69.3 Å². The standard InChI is InChI=1S/7C10H20O2.Re/c7*1-10(2,3)8-6-4-5-7-9(11)12;/h7*4-8H2,1-3H3,(H,11,12);/q;;;;;;;+7/p-7. The van der Waals surface area contributed by atoms with Crippen molar-refractivity contribution in [3.8, 4) is 0 Å². The second-order valence-electron chi connectivity index (χ2n) is 31.5. The van der Waals surface area contributed by atoms with Gasteiger partial charge in [-0.2, -0.15) is 0 Å². The summed E-state index contributed by atoms with van der Waals surface area (Å²) in [4.78, 5) is 70.3. The van der Waals surface area contributed by atoms with Gasteiger partial charge in [0, 0.05) is 41.8 Å². The molecule has 0 heterocycles. The summed E-state index contributed by atoms with van der Waals surface area (Å²) in [6.45, 7) is 46.2. The predicted molar refractivity (Wildman–Crippen MR) is 333 cm³/mol. The molecule has 0 radical (unpaired) electrons. The zero-order valence-electron chi connectivity index (χ0n) is 58.8. The number of carbonyl (C=O) groups is 7. The molecule has 504 valence electrons. The zero-order chi connectivity index (χ0) is 67.3. The third kappa shape index (κ3) is 140. The molecule has 0 saturated heterocycles. The Morgan fingerprint density at radius 1 is 0.176 bits per heavy atom. The molecule has 85 heavy (non-hydrogen) atoms. The summed E-state index contributed by atoms with van der Waals surface area (Å²) in [5.41, 5.74) is 2.64. The molecule has 0 aliphatic heterocycles. The van der Waals surface area contributed by atoms with Crippen LogP contribution in [-0.2, 0) is 54.0 Å². The van der Waals surface area contributed by atoms with Crippen LogP contribution in [0.1, 0.15) is 370 Å². The summed E-state index contributed by atoms with van der Waals surface area (Å²) in [5.74, 6) is -6.48. The maximum absolute atomic E-state index is 10.0. The molecule has 0 spiro atoms. The van der Waals surface area contributed by atoms with Crippen molar-refractivity contribution in [1.82, 2.24) is 0 Å². The van der Waals surface area contributed by atoms with Gasteiger partial charge in [-0.3, -0.25) is 0 Å². The quantitative estimate of drug-likeness (QED) is 0.0534. The van der Waals surface area contributed by atoms with E-state index in [-0.39, 0.29) is 65.4 Å². The van der Waals surface area contributed by atoms with Crippen molar-refractivity contribution in [3.63, 3.8) is 0 Å². The minimum atomic E-state index is -0.925. The monoisotopic (exact) mass is 1380 g/mol. The Morgan fingerprint density at radius 2 is 0.259 bits per heavy atom. The molecule has 0 aromatic heterocycles. The molecule has 0 N–H and O–H groups in total. The van der Waals surface area contributed by atoms with Gasteiger partial charge >= 0.3 is 20.4 Å². The van der Waals surface area contributed by atoms with E-state index < -0.39 is 41.8 Å². The second-order valence-corrected chi connectivity index (χ2v) is 31.5. The molecule has 0 aromatic carbocycles. The van der Waals surface area contributed by atoms with Crippen molar-refractivity contribution >= 4 is 41.8 Å². The number of hydrogen-bond donors (Lipinski definition) is 0. The number of carbonyl (C=O) groups excluding carboxylic acids is 7. The number of carboxylic acids is 7. The molecule has 14 nitrogen and oxygen atoms in total. The largest absolute Gasteiger partial charge is 7.00 e. The molecule has 0 fully saturated rings. The van der Waals surface area contributed by atoms with E-state index in [9.17, 15) is 69.3 Å². The van der Waals surface area contributed by atoms with E-state index in [1.807, 2.05) is 0 Å². The van der Waals surface area contributed by atoms with Crippen molar-refractivity contribution in [3.05, 3.63) is 0 Å². The molecule has 0 saturated carbocycles. The first-order valence-corrected chi connectivity index (χ1v) is 32.3. The van der Waals surface area contributed by atoms with E-state index in [4.69, 9.17) is 0 Å². The fraction of sp³-hybridized carbons (Fsp3) is 0.900. The number of unbranched alkanes of at least 4 members (excludes halogenated alkanes) is 14. The van der Waals surface area contributed by atoms with Gasteiger partial charge in [-0.15, -0.1) is 0 Å². The minimum absolute atomic E-state index is 0. The van der Waals surface area contributed by atoms with Gasteiger partial charge in [-0.05, 0) is 173 Å². The second kappa shape index (κ2) is 57.4. The summed E-state index contributed by atoms with van der Waals surface area (Å²) >= 11 is 0. The van der Waals surface area contributed by atoms with E-state index in [0.717, 1.165) is 135 Å².